The second-order valence-electron chi connectivity index (χ2n) is 8.91. The largest absolute Gasteiger partial charge is 0.322 e. The number of amides is 1. The fourth-order valence-corrected chi connectivity index (χ4v) is 4.47. The number of nitrogens with zero attached hydrogens (tertiary/aromatic N) is 5. The smallest absolute Gasteiger partial charge is 0.265 e. The van der Waals surface area contributed by atoms with Crippen LogP contribution in [0.3, 0.4) is 0 Å². The Balaban J connectivity index is 1.72. The summed E-state index contributed by atoms with van der Waals surface area (Å²) >= 11 is 0. The number of unbranched alkanes of at least 4 members (excludes halogenated alkanes) is 9. The summed E-state index contributed by atoms with van der Waals surface area (Å²) in [6.07, 6.45) is 12.7. The summed E-state index contributed by atoms with van der Waals surface area (Å²) in [4.78, 5) is 14.1. The Kier molecular flexibility index (Phi) is 10.3. The Morgan fingerprint density at radius 1 is 0.800 bits per heavy atom. The summed E-state index contributed by atoms with van der Waals surface area (Å²) < 4.78 is 27.6. The van der Waals surface area contributed by atoms with E-state index in [9.17, 15) is 13.8 Å². The predicted octanol–water partition coefficient (Wildman–Crippen LogP) is 6.53. The van der Waals surface area contributed by atoms with Crippen molar-refractivity contribution in [3.05, 3.63) is 77.6 Å². The molecule has 0 bridgehead atoms. The van der Waals surface area contributed by atoms with Crippen LogP contribution in [0.1, 0.15) is 88.1 Å². The maximum absolute atomic E-state index is 13.8. The van der Waals surface area contributed by atoms with E-state index in [2.05, 4.69) is 22.3 Å². The van der Waals surface area contributed by atoms with Gasteiger partial charge >= 0.3 is 5.91 Å². The van der Waals surface area contributed by atoms with E-state index in [4.69, 9.17) is 0 Å². The van der Waals surface area contributed by atoms with Gasteiger partial charge in [0.25, 0.3) is 0 Å². The first-order valence-electron chi connectivity index (χ1n) is 12.7. The van der Waals surface area contributed by atoms with Crippen molar-refractivity contribution in [2.24, 2.45) is 0 Å². The van der Waals surface area contributed by atoms with Gasteiger partial charge in [0.1, 0.15) is 0 Å². The lowest BCUT2D eigenvalue weighted by molar-refractivity contribution is -0.194. The molecule has 0 atom stereocenters. The van der Waals surface area contributed by atoms with E-state index < -0.39 is 16.8 Å². The molecule has 0 aliphatic rings. The lowest BCUT2D eigenvalue weighted by Crippen LogP contribution is -2.49. The number of hydrogen-bond donors (Lipinski definition) is 0. The Morgan fingerprint density at radius 2 is 1.29 bits per heavy atom. The molecule has 0 aliphatic carbocycles. The van der Waals surface area contributed by atoms with Crippen molar-refractivity contribution >= 4 is 5.91 Å². The molecule has 0 N–H and O–H groups in total. The van der Waals surface area contributed by atoms with Gasteiger partial charge in [0.05, 0.1) is 0 Å². The highest BCUT2D eigenvalue weighted by Crippen LogP contribution is 2.35. The van der Waals surface area contributed by atoms with Gasteiger partial charge in [-0.2, -0.15) is 0 Å². The minimum absolute atomic E-state index is 0.333. The lowest BCUT2D eigenvalue weighted by atomic mass is 9.82. The molecule has 1 aromatic heterocycles. The number of hydrogen-bond acceptors (Lipinski definition) is 4. The number of aryl methyl sites for hydroxylation is 1. The normalized spacial score (nSPS) is 11.5. The third-order valence-corrected chi connectivity index (χ3v) is 6.36. The predicted molar refractivity (Wildman–Crippen MR) is 131 cm³/mol. The van der Waals surface area contributed by atoms with E-state index in [0.717, 1.165) is 24.1 Å². The van der Waals surface area contributed by atoms with E-state index in [1.807, 2.05) is 0 Å². The Morgan fingerprint density at radius 3 is 1.77 bits per heavy atom. The van der Waals surface area contributed by atoms with Gasteiger partial charge in [0, 0.05) is 11.8 Å². The van der Waals surface area contributed by atoms with Gasteiger partial charge in [-0.15, -0.1) is 15.0 Å². The van der Waals surface area contributed by atoms with Crippen LogP contribution in [-0.2, 0) is 16.8 Å². The molecule has 1 amide bonds. The van der Waals surface area contributed by atoms with E-state index >= 15 is 0 Å². The van der Waals surface area contributed by atoms with E-state index in [1.165, 1.54) is 44.9 Å². The van der Waals surface area contributed by atoms with Crippen molar-refractivity contribution in [3.8, 4) is 0 Å². The molecule has 2 aromatic carbocycles. The van der Waals surface area contributed by atoms with E-state index in [-0.39, 0.29) is 0 Å². The first-order valence-corrected chi connectivity index (χ1v) is 12.7. The third kappa shape index (κ3) is 6.71. The van der Waals surface area contributed by atoms with Crippen LogP contribution >= 0.6 is 0 Å². The fourth-order valence-electron chi connectivity index (χ4n) is 4.47. The third-order valence-electron chi connectivity index (χ3n) is 6.36. The van der Waals surface area contributed by atoms with Crippen LogP contribution in [0.4, 0.5) is 8.96 Å². The van der Waals surface area contributed by atoms with Gasteiger partial charge in [0.2, 0.25) is 5.54 Å². The molecule has 0 fully saturated rings. The van der Waals surface area contributed by atoms with E-state index in [0.29, 0.717) is 23.4 Å². The number of tetrazole rings is 1. The van der Waals surface area contributed by atoms with Crippen LogP contribution in [0.5, 0.6) is 0 Å². The maximum atomic E-state index is 13.8. The molecule has 1 heterocycles. The summed E-state index contributed by atoms with van der Waals surface area (Å²) in [7, 11) is 0. The number of carbonyl (C=O) groups excluding carboxylic acids is 1. The molecule has 8 heteroatoms. The number of aromatic nitrogens is 4. The summed E-state index contributed by atoms with van der Waals surface area (Å²) in [6.45, 7) is 2.23. The van der Waals surface area contributed by atoms with Crippen LogP contribution in [-0.4, -0.2) is 31.5 Å². The molecule has 6 nitrogen and oxygen atoms in total. The Bertz CT molecular complexity index is 971. The number of rotatable bonds is 15. The molecule has 3 rings (SSSR count). The second-order valence-corrected chi connectivity index (χ2v) is 8.91. The van der Waals surface area contributed by atoms with Gasteiger partial charge < -0.3 is 0 Å². The fraction of sp³-hybridized carbons (Fsp3) is 0.481. The van der Waals surface area contributed by atoms with Gasteiger partial charge in [-0.1, -0.05) is 134 Å². The van der Waals surface area contributed by atoms with Crippen LogP contribution in [0.25, 0.3) is 0 Å². The van der Waals surface area contributed by atoms with Crippen molar-refractivity contribution in [3.63, 3.8) is 0 Å². The molecular formula is C27H35F2N5O. The maximum Gasteiger partial charge on any atom is 0.322 e. The number of halogens is 2. The SMILES string of the molecule is CCCCCCCCCCCCc1nnn(C(C(=O)N(F)F)(c2ccccc2)c2ccccc2)n1. The minimum Gasteiger partial charge on any atom is -0.265 e. The molecule has 0 aliphatic heterocycles. The lowest BCUT2D eigenvalue weighted by Gasteiger charge is -2.31. The minimum atomic E-state index is -1.96. The van der Waals surface area contributed by atoms with Crippen molar-refractivity contribution in [1.29, 1.82) is 0 Å². The van der Waals surface area contributed by atoms with Crippen molar-refractivity contribution in [2.45, 2.75) is 83.1 Å². The molecule has 0 spiro atoms. The quantitative estimate of drug-likeness (QED) is 0.182. The first kappa shape index (κ1) is 26.4. The zero-order valence-electron chi connectivity index (χ0n) is 20.5. The topological polar surface area (TPSA) is 63.9 Å². The standard InChI is InChI=1S/C27H35F2N5O/c1-2-3-4-5-6-7-8-9-10-17-22-25-30-32-34(31-25)27(26(35)33(28)29,23-18-13-11-14-19-23)24-20-15-12-16-21-24/h11-16,18-21H,2-10,17,22H2,1H3. The Labute approximate surface area is 206 Å². The summed E-state index contributed by atoms with van der Waals surface area (Å²) in [5.74, 6) is -1.00. The van der Waals surface area contributed by atoms with Gasteiger partial charge in [-0.25, -0.2) is 0 Å². The monoisotopic (exact) mass is 483 g/mol. The van der Waals surface area contributed by atoms with Crippen LogP contribution in [0.2, 0.25) is 0 Å². The summed E-state index contributed by atoms with van der Waals surface area (Å²) in [6, 6.07) is 16.8. The number of benzene rings is 2. The van der Waals surface area contributed by atoms with Crippen LogP contribution < -0.4 is 0 Å². The average molecular weight is 484 g/mol. The molecule has 188 valence electrons. The molecular weight excluding hydrogens is 448 g/mol. The highest BCUT2D eigenvalue weighted by Gasteiger charge is 2.50. The molecule has 35 heavy (non-hydrogen) atoms. The zero-order valence-corrected chi connectivity index (χ0v) is 20.5. The molecule has 0 saturated carbocycles. The highest BCUT2D eigenvalue weighted by molar-refractivity contribution is 5.90. The zero-order chi connectivity index (χ0) is 24.9. The molecule has 3 aromatic rings. The molecule has 0 unspecified atom stereocenters. The van der Waals surface area contributed by atoms with Gasteiger partial charge in [-0.05, 0) is 22.8 Å². The van der Waals surface area contributed by atoms with Crippen molar-refractivity contribution in [1.82, 2.24) is 25.6 Å². The second kappa shape index (κ2) is 13.7. The molecule has 0 radical (unpaired) electrons. The summed E-state index contributed by atoms with van der Waals surface area (Å²) in [5, 5.41) is 11.3. The van der Waals surface area contributed by atoms with Gasteiger partial charge in [-0.3, -0.25) is 4.79 Å². The van der Waals surface area contributed by atoms with Gasteiger partial charge in [0.15, 0.2) is 5.82 Å². The van der Waals surface area contributed by atoms with Crippen LogP contribution in [0, 0.1) is 0 Å². The highest BCUT2D eigenvalue weighted by atomic mass is 19.4. The van der Waals surface area contributed by atoms with Crippen molar-refractivity contribution in [2.75, 3.05) is 0 Å². The number of carbonyl (C=O) groups is 1. The average Bonchev–Trinajstić information content (AvgIpc) is 3.36. The molecule has 0 saturated heterocycles. The first-order chi connectivity index (χ1) is 17.1. The van der Waals surface area contributed by atoms with E-state index in [1.54, 1.807) is 60.7 Å². The van der Waals surface area contributed by atoms with Crippen molar-refractivity contribution < 1.29 is 13.8 Å². The summed E-state index contributed by atoms with van der Waals surface area (Å²) in [5.41, 5.74) is -1.30. The Hall–Kier alpha value is -3.16. The van der Waals surface area contributed by atoms with Crippen LogP contribution in [0.15, 0.2) is 60.7 Å².